The third-order valence-electron chi connectivity index (χ3n) is 3.37. The molecule has 1 aromatic carbocycles. The molecule has 1 unspecified atom stereocenters. The monoisotopic (exact) mass is 300 g/mol. The minimum atomic E-state index is -4.94. The quantitative estimate of drug-likeness (QED) is 0.926. The van der Waals surface area contributed by atoms with Crippen LogP contribution in [0.3, 0.4) is 0 Å². The number of amides is 2. The Labute approximate surface area is 119 Å². The molecule has 1 heterocycles. The van der Waals surface area contributed by atoms with Crippen LogP contribution in [0.5, 0.6) is 0 Å². The number of likely N-dealkylation sites (tertiary alicyclic amines) is 1. The molecule has 1 fully saturated rings. The van der Waals surface area contributed by atoms with Crippen molar-refractivity contribution in [1.29, 1.82) is 0 Å². The van der Waals surface area contributed by atoms with Gasteiger partial charge in [0.25, 0.3) is 0 Å². The molecule has 1 atom stereocenters. The van der Waals surface area contributed by atoms with Crippen LogP contribution in [-0.2, 0) is 16.1 Å². The predicted octanol–water partition coefficient (Wildman–Crippen LogP) is 1.86. The molecular formula is C14H15F3N2O2. The molecular weight excluding hydrogens is 285 g/mol. The molecule has 1 aliphatic heterocycles. The van der Waals surface area contributed by atoms with Gasteiger partial charge in [0, 0.05) is 13.1 Å². The van der Waals surface area contributed by atoms with E-state index < -0.39 is 24.0 Å². The Morgan fingerprint density at radius 1 is 1.24 bits per heavy atom. The van der Waals surface area contributed by atoms with E-state index in [9.17, 15) is 22.8 Å². The summed E-state index contributed by atoms with van der Waals surface area (Å²) < 4.78 is 37.4. The van der Waals surface area contributed by atoms with Crippen molar-refractivity contribution in [2.24, 2.45) is 0 Å². The standard InChI is InChI=1S/C14H15F3N2O2/c15-14(16,17)13(21)19-8-4-7-11(19)12(20)18-9-10-5-2-1-3-6-10/h1-3,5-6,11H,4,7-9H2,(H,18,20). The lowest BCUT2D eigenvalue weighted by Crippen LogP contribution is -2.50. The van der Waals surface area contributed by atoms with Gasteiger partial charge in [-0.15, -0.1) is 0 Å². The Morgan fingerprint density at radius 3 is 2.52 bits per heavy atom. The average Bonchev–Trinajstić information content (AvgIpc) is 2.93. The van der Waals surface area contributed by atoms with Crippen LogP contribution in [-0.4, -0.2) is 35.5 Å². The Balaban J connectivity index is 1.96. The van der Waals surface area contributed by atoms with Crippen LogP contribution < -0.4 is 5.32 Å². The zero-order valence-corrected chi connectivity index (χ0v) is 11.2. The van der Waals surface area contributed by atoms with Gasteiger partial charge in [0.2, 0.25) is 5.91 Å². The number of alkyl halides is 3. The highest BCUT2D eigenvalue weighted by atomic mass is 19.4. The highest BCUT2D eigenvalue weighted by Crippen LogP contribution is 2.25. The van der Waals surface area contributed by atoms with Gasteiger partial charge in [-0.2, -0.15) is 13.2 Å². The summed E-state index contributed by atoms with van der Waals surface area (Å²) in [6.45, 7) is 0.186. The van der Waals surface area contributed by atoms with Crippen molar-refractivity contribution in [3.63, 3.8) is 0 Å². The number of hydrogen-bond donors (Lipinski definition) is 1. The summed E-state index contributed by atoms with van der Waals surface area (Å²) in [7, 11) is 0. The third kappa shape index (κ3) is 3.74. The summed E-state index contributed by atoms with van der Waals surface area (Å²) in [5.74, 6) is -2.49. The molecule has 0 radical (unpaired) electrons. The van der Waals surface area contributed by atoms with Crippen molar-refractivity contribution in [3.8, 4) is 0 Å². The second kappa shape index (κ2) is 6.15. The highest BCUT2D eigenvalue weighted by Gasteiger charge is 2.47. The number of carbonyl (C=O) groups excluding carboxylic acids is 2. The number of hydrogen-bond acceptors (Lipinski definition) is 2. The van der Waals surface area contributed by atoms with Gasteiger partial charge in [0.15, 0.2) is 0 Å². The maximum atomic E-state index is 12.5. The molecule has 2 rings (SSSR count). The van der Waals surface area contributed by atoms with Gasteiger partial charge >= 0.3 is 12.1 Å². The van der Waals surface area contributed by atoms with Crippen LogP contribution in [0.15, 0.2) is 30.3 Å². The first kappa shape index (κ1) is 15.3. The second-order valence-corrected chi connectivity index (χ2v) is 4.86. The van der Waals surface area contributed by atoms with E-state index in [4.69, 9.17) is 0 Å². The molecule has 1 aliphatic rings. The highest BCUT2D eigenvalue weighted by molar-refractivity contribution is 5.90. The minimum Gasteiger partial charge on any atom is -0.350 e. The van der Waals surface area contributed by atoms with E-state index in [0.717, 1.165) is 5.56 Å². The first-order valence-corrected chi connectivity index (χ1v) is 6.59. The number of benzene rings is 1. The lowest BCUT2D eigenvalue weighted by Gasteiger charge is -2.24. The van der Waals surface area contributed by atoms with E-state index in [1.165, 1.54) is 0 Å². The number of halogens is 3. The molecule has 0 saturated carbocycles. The molecule has 4 nitrogen and oxygen atoms in total. The van der Waals surface area contributed by atoms with E-state index in [0.29, 0.717) is 11.3 Å². The normalized spacial score (nSPS) is 18.6. The number of carbonyl (C=O) groups is 2. The maximum Gasteiger partial charge on any atom is 0.471 e. The van der Waals surface area contributed by atoms with E-state index >= 15 is 0 Å². The van der Waals surface area contributed by atoms with E-state index in [-0.39, 0.29) is 19.5 Å². The van der Waals surface area contributed by atoms with Gasteiger partial charge in [-0.1, -0.05) is 30.3 Å². The molecule has 1 aromatic rings. The SMILES string of the molecule is O=C(NCc1ccccc1)C1CCCN1C(=O)C(F)(F)F. The third-order valence-corrected chi connectivity index (χ3v) is 3.37. The smallest absolute Gasteiger partial charge is 0.350 e. The number of nitrogens with one attached hydrogen (secondary N) is 1. The summed E-state index contributed by atoms with van der Waals surface area (Å²) in [5.41, 5.74) is 0.845. The number of rotatable bonds is 3. The van der Waals surface area contributed by atoms with Crippen LogP contribution >= 0.6 is 0 Å². The molecule has 7 heteroatoms. The fourth-order valence-electron chi connectivity index (χ4n) is 2.35. The van der Waals surface area contributed by atoms with Crippen LogP contribution in [0.25, 0.3) is 0 Å². The molecule has 1 saturated heterocycles. The maximum absolute atomic E-state index is 12.5. The van der Waals surface area contributed by atoms with Gasteiger partial charge in [-0.05, 0) is 18.4 Å². The van der Waals surface area contributed by atoms with E-state index in [1.54, 1.807) is 24.3 Å². The van der Waals surface area contributed by atoms with Gasteiger partial charge in [0.05, 0.1) is 0 Å². The van der Waals surface area contributed by atoms with E-state index in [2.05, 4.69) is 5.32 Å². The molecule has 21 heavy (non-hydrogen) atoms. The number of nitrogens with zero attached hydrogens (tertiary/aromatic N) is 1. The molecule has 0 bridgehead atoms. The van der Waals surface area contributed by atoms with Crippen molar-refractivity contribution in [1.82, 2.24) is 10.2 Å². The summed E-state index contributed by atoms with van der Waals surface area (Å²) in [4.78, 5) is 23.9. The lowest BCUT2D eigenvalue weighted by atomic mass is 10.2. The minimum absolute atomic E-state index is 0.0399. The molecule has 0 aliphatic carbocycles. The lowest BCUT2D eigenvalue weighted by molar-refractivity contribution is -0.186. The largest absolute Gasteiger partial charge is 0.471 e. The summed E-state index contributed by atoms with van der Waals surface area (Å²) >= 11 is 0. The zero-order chi connectivity index (χ0) is 15.5. The molecule has 2 amide bonds. The zero-order valence-electron chi connectivity index (χ0n) is 11.2. The average molecular weight is 300 g/mol. The van der Waals surface area contributed by atoms with Crippen LogP contribution in [0.4, 0.5) is 13.2 Å². The molecule has 0 aromatic heterocycles. The van der Waals surface area contributed by atoms with Crippen molar-refractivity contribution in [3.05, 3.63) is 35.9 Å². The Hall–Kier alpha value is -2.05. The van der Waals surface area contributed by atoms with Gasteiger partial charge in [0.1, 0.15) is 6.04 Å². The fourth-order valence-corrected chi connectivity index (χ4v) is 2.35. The predicted molar refractivity (Wildman–Crippen MR) is 69.1 cm³/mol. The van der Waals surface area contributed by atoms with Crippen LogP contribution in [0, 0.1) is 0 Å². The Kier molecular flexibility index (Phi) is 4.50. The van der Waals surface area contributed by atoms with Crippen LogP contribution in [0.1, 0.15) is 18.4 Å². The van der Waals surface area contributed by atoms with Crippen LogP contribution in [0.2, 0.25) is 0 Å². The van der Waals surface area contributed by atoms with Crippen molar-refractivity contribution >= 4 is 11.8 Å². The summed E-state index contributed by atoms with van der Waals surface area (Å²) in [5, 5.41) is 2.58. The van der Waals surface area contributed by atoms with Gasteiger partial charge in [-0.3, -0.25) is 9.59 Å². The topological polar surface area (TPSA) is 49.4 Å². The molecule has 0 spiro atoms. The summed E-state index contributed by atoms with van der Waals surface area (Å²) in [6, 6.07) is 7.99. The first-order valence-electron chi connectivity index (χ1n) is 6.59. The van der Waals surface area contributed by atoms with Crippen molar-refractivity contribution in [2.45, 2.75) is 31.6 Å². The van der Waals surface area contributed by atoms with Gasteiger partial charge < -0.3 is 10.2 Å². The fraction of sp³-hybridized carbons (Fsp3) is 0.429. The molecule has 1 N–H and O–H groups in total. The molecule has 114 valence electrons. The summed E-state index contributed by atoms with van der Waals surface area (Å²) in [6.07, 6.45) is -4.30. The Bertz CT molecular complexity index is 517. The first-order chi connectivity index (χ1) is 9.89. The van der Waals surface area contributed by atoms with Gasteiger partial charge in [-0.25, -0.2) is 0 Å². The van der Waals surface area contributed by atoms with Crippen molar-refractivity contribution < 1.29 is 22.8 Å². The van der Waals surface area contributed by atoms with E-state index in [1.807, 2.05) is 6.07 Å². The Morgan fingerprint density at radius 2 is 1.90 bits per heavy atom. The van der Waals surface area contributed by atoms with Crippen molar-refractivity contribution in [2.75, 3.05) is 6.54 Å². The second-order valence-electron chi connectivity index (χ2n) is 4.86.